The number of esters is 3. The van der Waals surface area contributed by atoms with Gasteiger partial charge in [-0.1, -0.05) is 37.8 Å². The van der Waals surface area contributed by atoms with Crippen LogP contribution in [0.25, 0.3) is 11.1 Å². The van der Waals surface area contributed by atoms with Gasteiger partial charge in [0, 0.05) is 6.08 Å². The summed E-state index contributed by atoms with van der Waals surface area (Å²) >= 11 is 0. The van der Waals surface area contributed by atoms with Gasteiger partial charge in [0.05, 0.1) is 49.2 Å². The molecule has 0 aliphatic rings. The normalized spacial score (nSPS) is 11.1. The standard InChI is InChI=1S/C43H45NO8/c1-3-41(45)50-28-7-5-4-6-27-48-38-22-16-37(17-23-38)43(47)52-40-24-18-36(19-25-40)42(46)51-29-8-9-32(2)26-30-49-39-20-14-35(15-21-39)34-12-10-33(31-44)11-13-34/h3,10-25,32H,1,4-9,26-30H2,2H3/t32-/m0/s1. The highest BCUT2D eigenvalue weighted by Crippen LogP contribution is 2.24. The number of nitrogens with zero attached hydrogens (tertiary/aromatic N) is 1. The third-order valence-corrected chi connectivity index (χ3v) is 8.26. The van der Waals surface area contributed by atoms with Crippen molar-refractivity contribution in [2.45, 2.75) is 51.9 Å². The Morgan fingerprint density at radius 3 is 1.75 bits per heavy atom. The van der Waals surface area contributed by atoms with Gasteiger partial charge >= 0.3 is 17.9 Å². The molecule has 0 saturated heterocycles. The minimum Gasteiger partial charge on any atom is -0.494 e. The lowest BCUT2D eigenvalue weighted by Crippen LogP contribution is -2.10. The molecule has 0 unspecified atom stereocenters. The van der Waals surface area contributed by atoms with E-state index in [1.807, 2.05) is 48.5 Å². The van der Waals surface area contributed by atoms with Gasteiger partial charge in [-0.25, -0.2) is 14.4 Å². The maximum absolute atomic E-state index is 12.6. The summed E-state index contributed by atoms with van der Waals surface area (Å²) in [5.74, 6) is 0.835. The van der Waals surface area contributed by atoms with E-state index in [4.69, 9.17) is 28.9 Å². The van der Waals surface area contributed by atoms with Gasteiger partial charge in [-0.2, -0.15) is 5.26 Å². The number of hydrogen-bond acceptors (Lipinski definition) is 9. The molecule has 0 saturated carbocycles. The third-order valence-electron chi connectivity index (χ3n) is 8.26. The first-order valence-electron chi connectivity index (χ1n) is 17.6. The summed E-state index contributed by atoms with van der Waals surface area (Å²) in [6.45, 7) is 7.35. The Kier molecular flexibility index (Phi) is 16.0. The fraction of sp³-hybridized carbons (Fsp3) is 0.302. The lowest BCUT2D eigenvalue weighted by atomic mass is 10.0. The van der Waals surface area contributed by atoms with Crippen molar-refractivity contribution < 1.29 is 38.1 Å². The van der Waals surface area contributed by atoms with Crippen molar-refractivity contribution in [1.82, 2.24) is 0 Å². The summed E-state index contributed by atoms with van der Waals surface area (Å²) in [6.07, 6.45) is 7.21. The number of carbonyl (C=O) groups is 3. The van der Waals surface area contributed by atoms with Crippen molar-refractivity contribution in [2.24, 2.45) is 5.92 Å². The van der Waals surface area contributed by atoms with E-state index in [0.29, 0.717) is 60.5 Å². The summed E-state index contributed by atoms with van der Waals surface area (Å²) in [7, 11) is 0. The van der Waals surface area contributed by atoms with Gasteiger partial charge in [-0.3, -0.25) is 0 Å². The lowest BCUT2D eigenvalue weighted by Gasteiger charge is -2.13. The molecule has 0 aliphatic heterocycles. The highest BCUT2D eigenvalue weighted by Gasteiger charge is 2.12. The van der Waals surface area contributed by atoms with Gasteiger partial charge in [0.2, 0.25) is 0 Å². The van der Waals surface area contributed by atoms with E-state index in [1.54, 1.807) is 48.5 Å². The van der Waals surface area contributed by atoms with E-state index < -0.39 is 17.9 Å². The van der Waals surface area contributed by atoms with E-state index >= 15 is 0 Å². The molecule has 0 amide bonds. The largest absolute Gasteiger partial charge is 0.494 e. The van der Waals surface area contributed by atoms with Gasteiger partial charge in [-0.05, 0) is 135 Å². The van der Waals surface area contributed by atoms with Crippen LogP contribution in [0.5, 0.6) is 17.2 Å². The van der Waals surface area contributed by atoms with Gasteiger partial charge in [0.1, 0.15) is 17.2 Å². The van der Waals surface area contributed by atoms with Gasteiger partial charge in [-0.15, -0.1) is 0 Å². The molecule has 0 radical (unpaired) electrons. The van der Waals surface area contributed by atoms with E-state index in [9.17, 15) is 14.4 Å². The first kappa shape index (κ1) is 38.9. The van der Waals surface area contributed by atoms with Crippen molar-refractivity contribution in [3.63, 3.8) is 0 Å². The van der Waals surface area contributed by atoms with E-state index in [-0.39, 0.29) is 0 Å². The maximum atomic E-state index is 12.6. The van der Waals surface area contributed by atoms with E-state index in [0.717, 1.165) is 67.9 Å². The maximum Gasteiger partial charge on any atom is 0.343 e. The highest BCUT2D eigenvalue weighted by molar-refractivity contribution is 5.92. The third kappa shape index (κ3) is 13.4. The van der Waals surface area contributed by atoms with Gasteiger partial charge in [0.25, 0.3) is 0 Å². The average Bonchev–Trinajstić information content (AvgIpc) is 3.18. The molecule has 4 aromatic carbocycles. The second-order valence-electron chi connectivity index (χ2n) is 12.3. The Bertz CT molecular complexity index is 1760. The average molecular weight is 704 g/mol. The first-order valence-corrected chi connectivity index (χ1v) is 17.6. The zero-order valence-corrected chi connectivity index (χ0v) is 29.6. The quantitative estimate of drug-likeness (QED) is 0.0362. The highest BCUT2D eigenvalue weighted by atomic mass is 16.5. The summed E-state index contributed by atoms with van der Waals surface area (Å²) in [4.78, 5) is 36.2. The van der Waals surface area contributed by atoms with Crippen LogP contribution in [0.2, 0.25) is 0 Å². The fourth-order valence-corrected chi connectivity index (χ4v) is 5.17. The topological polar surface area (TPSA) is 121 Å². The van der Waals surface area contributed by atoms with Crippen molar-refractivity contribution >= 4 is 17.9 Å². The zero-order valence-electron chi connectivity index (χ0n) is 29.6. The molecule has 4 rings (SSSR count). The Hall–Kier alpha value is -5.88. The molecule has 0 N–H and O–H groups in total. The van der Waals surface area contributed by atoms with Gasteiger partial charge < -0.3 is 23.7 Å². The number of nitriles is 1. The zero-order chi connectivity index (χ0) is 37.0. The Morgan fingerprint density at radius 1 is 0.615 bits per heavy atom. The molecule has 9 heteroatoms. The first-order chi connectivity index (χ1) is 25.3. The molecule has 4 aromatic rings. The molecule has 270 valence electrons. The van der Waals surface area contributed by atoms with Crippen molar-refractivity contribution in [3.8, 4) is 34.4 Å². The van der Waals surface area contributed by atoms with Crippen LogP contribution >= 0.6 is 0 Å². The van der Waals surface area contributed by atoms with E-state index in [2.05, 4.69) is 19.6 Å². The van der Waals surface area contributed by atoms with Crippen LogP contribution in [0, 0.1) is 17.2 Å². The minimum atomic E-state index is -0.517. The lowest BCUT2D eigenvalue weighted by molar-refractivity contribution is -0.137. The summed E-state index contributed by atoms with van der Waals surface area (Å²) < 4.78 is 27.6. The van der Waals surface area contributed by atoms with E-state index in [1.165, 1.54) is 0 Å². The van der Waals surface area contributed by atoms with Crippen LogP contribution in [0.4, 0.5) is 0 Å². The fourth-order valence-electron chi connectivity index (χ4n) is 5.17. The van der Waals surface area contributed by atoms with Crippen LogP contribution in [-0.2, 0) is 14.3 Å². The molecule has 52 heavy (non-hydrogen) atoms. The monoisotopic (exact) mass is 703 g/mol. The number of unbranched alkanes of at least 4 members (excludes halogenated alkanes) is 3. The second kappa shape index (κ2) is 21.4. The number of carbonyl (C=O) groups excluding carboxylic acids is 3. The van der Waals surface area contributed by atoms with Crippen LogP contribution in [0.15, 0.2) is 110 Å². The molecular formula is C43H45NO8. The van der Waals surface area contributed by atoms with Crippen LogP contribution < -0.4 is 14.2 Å². The predicted molar refractivity (Wildman–Crippen MR) is 198 cm³/mol. The SMILES string of the molecule is C=CC(=O)OCCCCCCOc1ccc(C(=O)Oc2ccc(C(=O)OCCC[C@H](C)CCOc3ccc(-c4ccc(C#N)cc4)cc3)cc2)cc1. The summed E-state index contributed by atoms with van der Waals surface area (Å²) in [5.41, 5.74) is 3.50. The molecule has 0 bridgehead atoms. The predicted octanol–water partition coefficient (Wildman–Crippen LogP) is 9.16. The smallest absolute Gasteiger partial charge is 0.343 e. The number of hydrogen-bond donors (Lipinski definition) is 0. The Balaban J connectivity index is 1.06. The number of rotatable bonds is 21. The Morgan fingerprint density at radius 2 is 1.13 bits per heavy atom. The van der Waals surface area contributed by atoms with Crippen LogP contribution in [-0.4, -0.2) is 44.3 Å². The Labute approximate surface area is 305 Å². The molecule has 0 spiro atoms. The van der Waals surface area contributed by atoms with Crippen molar-refractivity contribution in [3.05, 3.63) is 126 Å². The molecule has 0 aliphatic carbocycles. The summed E-state index contributed by atoms with van der Waals surface area (Å²) in [5, 5.41) is 8.97. The molecule has 0 aromatic heterocycles. The molecule has 9 nitrogen and oxygen atoms in total. The molecule has 0 heterocycles. The second-order valence-corrected chi connectivity index (χ2v) is 12.3. The molecular weight excluding hydrogens is 658 g/mol. The van der Waals surface area contributed by atoms with Crippen molar-refractivity contribution in [2.75, 3.05) is 26.4 Å². The van der Waals surface area contributed by atoms with Crippen LogP contribution in [0.3, 0.4) is 0 Å². The van der Waals surface area contributed by atoms with Gasteiger partial charge in [0.15, 0.2) is 0 Å². The van der Waals surface area contributed by atoms with Crippen molar-refractivity contribution in [1.29, 1.82) is 5.26 Å². The minimum absolute atomic E-state index is 0.312. The summed E-state index contributed by atoms with van der Waals surface area (Å²) in [6, 6.07) is 30.6. The molecule has 1 atom stereocenters. The number of benzene rings is 4. The van der Waals surface area contributed by atoms with Crippen LogP contribution in [0.1, 0.15) is 78.1 Å². The molecule has 0 fully saturated rings. The number of ether oxygens (including phenoxy) is 5.